The third-order valence-corrected chi connectivity index (χ3v) is 4.94. The number of ether oxygens (including phenoxy) is 1. The van der Waals surface area contributed by atoms with Crippen LogP contribution in [0.3, 0.4) is 0 Å². The van der Waals surface area contributed by atoms with Gasteiger partial charge in [0.1, 0.15) is 5.75 Å². The van der Waals surface area contributed by atoms with Crippen molar-refractivity contribution in [2.45, 2.75) is 44.9 Å². The van der Waals surface area contributed by atoms with E-state index in [0.717, 1.165) is 30.6 Å². The zero-order chi connectivity index (χ0) is 13.6. The van der Waals surface area contributed by atoms with Crippen LogP contribution in [0.1, 0.15) is 44.2 Å². The molecule has 0 radical (unpaired) electrons. The Hall–Kier alpha value is -1.57. The number of benzene rings is 1. The highest BCUT2D eigenvalue weighted by Gasteiger charge is 2.41. The van der Waals surface area contributed by atoms with Crippen molar-refractivity contribution < 1.29 is 9.53 Å². The Morgan fingerprint density at radius 1 is 1.21 bits per heavy atom. The van der Waals surface area contributed by atoms with Crippen LogP contribution >= 0.6 is 0 Å². The van der Waals surface area contributed by atoms with Crippen molar-refractivity contribution in [1.29, 1.82) is 0 Å². The van der Waals surface area contributed by atoms with Crippen LogP contribution in [0, 0.1) is 0 Å². The van der Waals surface area contributed by atoms with Gasteiger partial charge in [-0.3, -0.25) is 4.79 Å². The number of aryl methyl sites for hydroxylation is 1. The Labute approximate surface area is 114 Å². The number of rotatable bonds is 1. The normalized spacial score (nSPS) is 25.9. The molecular weight excluding hydrogens is 236 g/mol. The molecular formula is C17H20O2. The van der Waals surface area contributed by atoms with Crippen LogP contribution in [0.15, 0.2) is 29.3 Å². The molecule has 1 atom stereocenters. The fourth-order valence-corrected chi connectivity index (χ4v) is 3.75. The van der Waals surface area contributed by atoms with Gasteiger partial charge in [0.15, 0.2) is 5.78 Å². The second-order valence-electron chi connectivity index (χ2n) is 5.88. The summed E-state index contributed by atoms with van der Waals surface area (Å²) >= 11 is 0. The minimum Gasteiger partial charge on any atom is -0.497 e. The lowest BCUT2D eigenvalue weighted by molar-refractivity contribution is -0.116. The number of fused-ring (bicyclic) bond motifs is 3. The molecule has 19 heavy (non-hydrogen) atoms. The molecule has 1 aromatic rings. The standard InChI is InChI=1S/C17H20O2/c1-11-14-6-4-12-10-13(19-3)5-7-15(12)17(14,2)9-8-16(11)18/h5,7,10H,4,6,8-9H2,1-3H3. The molecule has 1 aromatic carbocycles. The van der Waals surface area contributed by atoms with Crippen LogP contribution in [0.4, 0.5) is 0 Å². The molecule has 0 aliphatic heterocycles. The van der Waals surface area contributed by atoms with Crippen LogP contribution in [-0.4, -0.2) is 12.9 Å². The molecule has 100 valence electrons. The number of allylic oxidation sites excluding steroid dienone is 2. The molecule has 2 nitrogen and oxygen atoms in total. The SMILES string of the molecule is COc1ccc2c(c1)CCC1=C(C)C(=O)CCC12C. The number of hydrogen-bond acceptors (Lipinski definition) is 2. The van der Waals surface area contributed by atoms with Gasteiger partial charge in [0.25, 0.3) is 0 Å². The minimum atomic E-state index is 0.0534. The number of methoxy groups -OCH3 is 1. The molecule has 0 bridgehead atoms. The van der Waals surface area contributed by atoms with Gasteiger partial charge < -0.3 is 4.74 Å². The predicted octanol–water partition coefficient (Wildman–Crippen LogP) is 3.58. The minimum absolute atomic E-state index is 0.0534. The number of hydrogen-bond donors (Lipinski definition) is 0. The van der Waals surface area contributed by atoms with Crippen LogP contribution in [-0.2, 0) is 16.6 Å². The summed E-state index contributed by atoms with van der Waals surface area (Å²) in [6.07, 6.45) is 3.64. The molecule has 0 amide bonds. The van der Waals surface area contributed by atoms with E-state index in [1.807, 2.05) is 13.0 Å². The van der Waals surface area contributed by atoms with Gasteiger partial charge in [0.05, 0.1) is 7.11 Å². The number of Topliss-reactive ketones (excluding diaryl/α,β-unsaturated/α-hetero) is 1. The molecule has 0 N–H and O–H groups in total. The van der Waals surface area contributed by atoms with E-state index in [2.05, 4.69) is 19.1 Å². The summed E-state index contributed by atoms with van der Waals surface area (Å²) < 4.78 is 5.32. The van der Waals surface area contributed by atoms with Crippen molar-refractivity contribution in [3.8, 4) is 5.75 Å². The van der Waals surface area contributed by atoms with E-state index >= 15 is 0 Å². The van der Waals surface area contributed by atoms with Gasteiger partial charge in [0.2, 0.25) is 0 Å². The van der Waals surface area contributed by atoms with Gasteiger partial charge in [-0.1, -0.05) is 18.6 Å². The molecule has 0 fully saturated rings. The molecule has 0 spiro atoms. The molecule has 0 aromatic heterocycles. The highest BCUT2D eigenvalue weighted by atomic mass is 16.5. The first kappa shape index (κ1) is 12.5. The fraction of sp³-hybridized carbons (Fsp3) is 0.471. The zero-order valence-corrected chi connectivity index (χ0v) is 11.9. The molecule has 2 heteroatoms. The Bertz CT molecular complexity index is 583. The van der Waals surface area contributed by atoms with Crippen LogP contribution in [0.5, 0.6) is 5.75 Å². The number of carbonyl (C=O) groups excluding carboxylic acids is 1. The average Bonchev–Trinajstić information content (AvgIpc) is 2.43. The summed E-state index contributed by atoms with van der Waals surface area (Å²) in [5.74, 6) is 1.27. The number of carbonyl (C=O) groups is 1. The first-order chi connectivity index (χ1) is 9.06. The largest absolute Gasteiger partial charge is 0.497 e. The monoisotopic (exact) mass is 256 g/mol. The first-order valence-corrected chi connectivity index (χ1v) is 6.97. The van der Waals surface area contributed by atoms with Crippen molar-refractivity contribution in [3.05, 3.63) is 40.5 Å². The Kier molecular flexibility index (Phi) is 2.77. The summed E-state index contributed by atoms with van der Waals surface area (Å²) in [4.78, 5) is 11.9. The highest BCUT2D eigenvalue weighted by Crippen LogP contribution is 2.48. The summed E-state index contributed by atoms with van der Waals surface area (Å²) in [5.41, 5.74) is 5.20. The van der Waals surface area contributed by atoms with Crippen molar-refractivity contribution in [2.75, 3.05) is 7.11 Å². The van der Waals surface area contributed by atoms with E-state index < -0.39 is 0 Å². The van der Waals surface area contributed by atoms with Crippen molar-refractivity contribution in [3.63, 3.8) is 0 Å². The maximum absolute atomic E-state index is 11.9. The van der Waals surface area contributed by atoms with Crippen molar-refractivity contribution in [2.24, 2.45) is 0 Å². The van der Waals surface area contributed by atoms with E-state index in [1.54, 1.807) is 7.11 Å². The van der Waals surface area contributed by atoms with E-state index in [1.165, 1.54) is 16.7 Å². The summed E-state index contributed by atoms with van der Waals surface area (Å²) in [6.45, 7) is 4.30. The van der Waals surface area contributed by atoms with Crippen LogP contribution in [0.2, 0.25) is 0 Å². The van der Waals surface area contributed by atoms with Gasteiger partial charge in [0, 0.05) is 11.8 Å². The molecule has 0 saturated carbocycles. The van der Waals surface area contributed by atoms with E-state index in [0.29, 0.717) is 12.2 Å². The van der Waals surface area contributed by atoms with Gasteiger partial charge in [-0.25, -0.2) is 0 Å². The topological polar surface area (TPSA) is 26.3 Å². The highest BCUT2D eigenvalue weighted by molar-refractivity contribution is 5.97. The Morgan fingerprint density at radius 3 is 2.74 bits per heavy atom. The zero-order valence-electron chi connectivity index (χ0n) is 11.9. The van der Waals surface area contributed by atoms with Crippen molar-refractivity contribution in [1.82, 2.24) is 0 Å². The third-order valence-electron chi connectivity index (χ3n) is 4.94. The molecule has 0 saturated heterocycles. The number of ketones is 1. The molecule has 2 aliphatic rings. The van der Waals surface area contributed by atoms with Gasteiger partial charge >= 0.3 is 0 Å². The molecule has 0 heterocycles. The smallest absolute Gasteiger partial charge is 0.158 e. The first-order valence-electron chi connectivity index (χ1n) is 6.97. The van der Waals surface area contributed by atoms with Crippen LogP contribution in [0.25, 0.3) is 0 Å². The van der Waals surface area contributed by atoms with Crippen molar-refractivity contribution >= 4 is 5.78 Å². The second-order valence-corrected chi connectivity index (χ2v) is 5.88. The summed E-state index contributed by atoms with van der Waals surface area (Å²) in [7, 11) is 1.71. The van der Waals surface area contributed by atoms with Gasteiger partial charge in [-0.05, 0) is 55.0 Å². The lowest BCUT2D eigenvalue weighted by Gasteiger charge is -2.42. The Balaban J connectivity index is 2.17. The Morgan fingerprint density at radius 2 is 2.00 bits per heavy atom. The molecule has 3 rings (SSSR count). The van der Waals surface area contributed by atoms with Gasteiger partial charge in [-0.15, -0.1) is 0 Å². The van der Waals surface area contributed by atoms with E-state index in [9.17, 15) is 4.79 Å². The third kappa shape index (κ3) is 1.73. The second kappa shape index (κ2) is 4.22. The van der Waals surface area contributed by atoms with E-state index in [-0.39, 0.29) is 5.41 Å². The summed E-state index contributed by atoms with van der Waals surface area (Å²) in [6, 6.07) is 6.39. The lowest BCUT2D eigenvalue weighted by Crippen LogP contribution is -2.36. The maximum Gasteiger partial charge on any atom is 0.158 e. The molecule has 1 unspecified atom stereocenters. The fourth-order valence-electron chi connectivity index (χ4n) is 3.75. The summed E-state index contributed by atoms with van der Waals surface area (Å²) in [5, 5.41) is 0. The quantitative estimate of drug-likeness (QED) is 0.767. The lowest BCUT2D eigenvalue weighted by atomic mass is 9.61. The molecule has 2 aliphatic carbocycles. The van der Waals surface area contributed by atoms with Crippen LogP contribution < -0.4 is 4.74 Å². The van der Waals surface area contributed by atoms with Gasteiger partial charge in [-0.2, -0.15) is 0 Å². The maximum atomic E-state index is 11.9. The average molecular weight is 256 g/mol. The van der Waals surface area contributed by atoms with E-state index in [4.69, 9.17) is 4.74 Å². The predicted molar refractivity (Wildman–Crippen MR) is 75.6 cm³/mol.